The van der Waals surface area contributed by atoms with Gasteiger partial charge < -0.3 is 9.47 Å². The first-order valence-corrected chi connectivity index (χ1v) is 12.2. The molecule has 0 radical (unpaired) electrons. The molecule has 0 aromatic heterocycles. The number of nitrogens with zero attached hydrogens (tertiary/aromatic N) is 1. The maximum absolute atomic E-state index is 13.1. The lowest BCUT2D eigenvalue weighted by atomic mass is 10.2. The Hall–Kier alpha value is -2.55. The highest BCUT2D eigenvalue weighted by atomic mass is 32.2. The fourth-order valence-electron chi connectivity index (χ4n) is 2.93. The van der Waals surface area contributed by atoms with Crippen molar-refractivity contribution < 1.29 is 23.9 Å². The Morgan fingerprint density at radius 1 is 0.818 bits per heavy atom. The third kappa shape index (κ3) is 7.48. The number of carbonyl (C=O) groups excluding carboxylic acids is 3. The second kappa shape index (κ2) is 11.5. The van der Waals surface area contributed by atoms with Gasteiger partial charge in [-0.2, -0.15) is 0 Å². The van der Waals surface area contributed by atoms with Crippen LogP contribution in [0.1, 0.15) is 27.2 Å². The van der Waals surface area contributed by atoms with Crippen LogP contribution >= 0.6 is 23.5 Å². The number of rotatable bonds is 10. The molecule has 0 spiro atoms. The van der Waals surface area contributed by atoms with Crippen LogP contribution in [-0.2, 0) is 23.9 Å². The molecule has 2 aromatic carbocycles. The minimum absolute atomic E-state index is 0.113. The molecule has 3 rings (SSSR count). The fraction of sp³-hybridized carbons (Fsp3) is 0.320. The molecule has 1 heterocycles. The van der Waals surface area contributed by atoms with Crippen molar-refractivity contribution in [3.05, 3.63) is 70.5 Å². The topological polar surface area (TPSA) is 72.9 Å². The number of thioether (sulfide) groups is 2. The summed E-state index contributed by atoms with van der Waals surface area (Å²) < 4.78 is 10.7. The van der Waals surface area contributed by atoms with Crippen LogP contribution in [0.2, 0.25) is 0 Å². The van der Waals surface area contributed by atoms with Crippen molar-refractivity contribution in [1.82, 2.24) is 4.90 Å². The van der Waals surface area contributed by atoms with Crippen molar-refractivity contribution >= 4 is 41.3 Å². The van der Waals surface area contributed by atoms with E-state index in [1.807, 2.05) is 60.7 Å². The van der Waals surface area contributed by atoms with Crippen molar-refractivity contribution in [2.45, 2.75) is 42.6 Å². The molecule has 174 valence electrons. The molecule has 1 aliphatic heterocycles. The van der Waals surface area contributed by atoms with Crippen molar-refractivity contribution in [1.29, 1.82) is 0 Å². The van der Waals surface area contributed by atoms with Crippen LogP contribution in [-0.4, -0.2) is 48.0 Å². The van der Waals surface area contributed by atoms with Gasteiger partial charge >= 0.3 is 5.97 Å². The zero-order valence-corrected chi connectivity index (χ0v) is 20.5. The molecular formula is C25H27NO5S2. The van der Waals surface area contributed by atoms with Gasteiger partial charge in [-0.25, -0.2) is 0 Å². The van der Waals surface area contributed by atoms with Crippen LogP contribution < -0.4 is 0 Å². The van der Waals surface area contributed by atoms with E-state index in [4.69, 9.17) is 9.47 Å². The second-order valence-electron chi connectivity index (χ2n) is 8.20. The SMILES string of the molecule is CC(C)(C)OC(=O)CCOCCN1C(=O)C(Sc2ccccc2)=C(Sc2ccccc2)C1=O. The number of benzene rings is 2. The Kier molecular flexibility index (Phi) is 8.77. The van der Waals surface area contributed by atoms with Crippen LogP contribution in [0.25, 0.3) is 0 Å². The molecule has 0 unspecified atom stereocenters. The summed E-state index contributed by atoms with van der Waals surface area (Å²) in [5, 5.41) is 0. The number of ether oxygens (including phenoxy) is 2. The number of amides is 2. The predicted molar refractivity (Wildman–Crippen MR) is 130 cm³/mol. The number of esters is 1. The summed E-state index contributed by atoms with van der Waals surface area (Å²) in [7, 11) is 0. The van der Waals surface area contributed by atoms with E-state index in [1.165, 1.54) is 28.4 Å². The van der Waals surface area contributed by atoms with Crippen molar-refractivity contribution in [2.24, 2.45) is 0 Å². The first kappa shape index (κ1) is 25.1. The van der Waals surface area contributed by atoms with Crippen molar-refractivity contribution in [3.63, 3.8) is 0 Å². The molecule has 0 saturated carbocycles. The Morgan fingerprint density at radius 2 is 1.30 bits per heavy atom. The molecule has 6 nitrogen and oxygen atoms in total. The lowest BCUT2D eigenvalue weighted by Gasteiger charge is -2.19. The van der Waals surface area contributed by atoms with Gasteiger partial charge in [-0.05, 0) is 45.0 Å². The van der Waals surface area contributed by atoms with Gasteiger partial charge in [0.15, 0.2) is 0 Å². The van der Waals surface area contributed by atoms with Gasteiger partial charge in [0.2, 0.25) is 0 Å². The zero-order valence-electron chi connectivity index (χ0n) is 18.9. The normalized spacial score (nSPS) is 14.2. The van der Waals surface area contributed by atoms with E-state index in [0.717, 1.165) is 9.79 Å². The first-order chi connectivity index (χ1) is 15.7. The predicted octanol–water partition coefficient (Wildman–Crippen LogP) is 4.90. The number of imide groups is 1. The smallest absolute Gasteiger partial charge is 0.308 e. The highest BCUT2D eigenvalue weighted by Gasteiger charge is 2.39. The average molecular weight is 486 g/mol. The van der Waals surface area contributed by atoms with Crippen LogP contribution in [0, 0.1) is 0 Å². The molecule has 33 heavy (non-hydrogen) atoms. The maximum Gasteiger partial charge on any atom is 0.308 e. The summed E-state index contributed by atoms with van der Waals surface area (Å²) in [5.74, 6) is -1.01. The molecule has 0 N–H and O–H groups in total. The van der Waals surface area contributed by atoms with E-state index in [1.54, 1.807) is 20.8 Å². The minimum atomic E-state index is -0.545. The highest BCUT2D eigenvalue weighted by Crippen LogP contribution is 2.42. The maximum atomic E-state index is 13.1. The van der Waals surface area contributed by atoms with Gasteiger partial charge in [-0.1, -0.05) is 59.9 Å². The van der Waals surface area contributed by atoms with E-state index in [-0.39, 0.29) is 44.0 Å². The van der Waals surface area contributed by atoms with Gasteiger partial charge in [-0.3, -0.25) is 19.3 Å². The Morgan fingerprint density at radius 3 is 1.76 bits per heavy atom. The molecule has 1 aliphatic rings. The second-order valence-corrected chi connectivity index (χ2v) is 10.4. The Bertz CT molecular complexity index is 953. The molecule has 0 fully saturated rings. The van der Waals surface area contributed by atoms with Crippen LogP contribution in [0.3, 0.4) is 0 Å². The molecule has 0 aliphatic carbocycles. The summed E-state index contributed by atoms with van der Waals surface area (Å²) in [6.07, 6.45) is 0.113. The summed E-state index contributed by atoms with van der Waals surface area (Å²) in [5.41, 5.74) is -0.545. The van der Waals surface area contributed by atoms with Crippen LogP contribution in [0.4, 0.5) is 0 Å². The number of hydrogen-bond acceptors (Lipinski definition) is 7. The lowest BCUT2D eigenvalue weighted by molar-refractivity contribution is -0.156. The van der Waals surface area contributed by atoms with E-state index in [0.29, 0.717) is 9.81 Å². The van der Waals surface area contributed by atoms with E-state index >= 15 is 0 Å². The van der Waals surface area contributed by atoms with E-state index in [9.17, 15) is 14.4 Å². The van der Waals surface area contributed by atoms with Crippen molar-refractivity contribution in [3.8, 4) is 0 Å². The third-order valence-electron chi connectivity index (χ3n) is 4.34. The zero-order chi connectivity index (χ0) is 23.8. The van der Waals surface area contributed by atoms with Crippen LogP contribution in [0.5, 0.6) is 0 Å². The highest BCUT2D eigenvalue weighted by molar-refractivity contribution is 8.08. The Balaban J connectivity index is 1.63. The average Bonchev–Trinajstić information content (AvgIpc) is 2.98. The number of hydrogen-bond donors (Lipinski definition) is 0. The molecule has 8 heteroatoms. The fourth-order valence-corrected chi connectivity index (χ4v) is 5.00. The third-order valence-corrected chi connectivity index (χ3v) is 6.65. The molecule has 0 atom stereocenters. The van der Waals surface area contributed by atoms with Gasteiger partial charge in [-0.15, -0.1) is 0 Å². The minimum Gasteiger partial charge on any atom is -0.460 e. The first-order valence-electron chi connectivity index (χ1n) is 10.6. The molecular weight excluding hydrogens is 458 g/mol. The van der Waals surface area contributed by atoms with Gasteiger partial charge in [0.05, 0.1) is 36.0 Å². The summed E-state index contributed by atoms with van der Waals surface area (Å²) in [6, 6.07) is 19.0. The molecule has 0 bridgehead atoms. The lowest BCUT2D eigenvalue weighted by Crippen LogP contribution is -2.34. The van der Waals surface area contributed by atoms with Crippen LogP contribution in [0.15, 0.2) is 80.3 Å². The van der Waals surface area contributed by atoms with E-state index in [2.05, 4.69) is 0 Å². The molecule has 0 saturated heterocycles. The summed E-state index contributed by atoms with van der Waals surface area (Å²) in [4.78, 5) is 41.9. The van der Waals surface area contributed by atoms with E-state index < -0.39 is 5.60 Å². The monoisotopic (exact) mass is 485 g/mol. The number of carbonyl (C=O) groups is 3. The summed E-state index contributed by atoms with van der Waals surface area (Å²) in [6.45, 7) is 5.84. The summed E-state index contributed by atoms with van der Waals surface area (Å²) >= 11 is 2.58. The van der Waals surface area contributed by atoms with Crippen molar-refractivity contribution in [2.75, 3.05) is 19.8 Å². The largest absolute Gasteiger partial charge is 0.460 e. The molecule has 2 amide bonds. The quantitative estimate of drug-likeness (QED) is 0.269. The van der Waals surface area contributed by atoms with Gasteiger partial charge in [0, 0.05) is 9.79 Å². The molecule has 2 aromatic rings. The Labute approximate surface area is 202 Å². The van der Waals surface area contributed by atoms with Gasteiger partial charge in [0.25, 0.3) is 11.8 Å². The standard InChI is InChI=1S/C25H27NO5S2/c1-25(2,3)31-20(27)14-16-30-17-15-26-23(28)21(32-18-10-6-4-7-11-18)22(24(26)29)33-19-12-8-5-9-13-19/h4-13H,14-17H2,1-3H3. The van der Waals surface area contributed by atoms with Gasteiger partial charge in [0.1, 0.15) is 5.60 Å².